The van der Waals surface area contributed by atoms with Gasteiger partial charge in [-0.15, -0.1) is 0 Å². The van der Waals surface area contributed by atoms with E-state index in [1.165, 1.54) is 23.8 Å². The number of nitrogens with zero attached hydrogens (tertiary/aromatic N) is 1. The number of nitrogens with two attached hydrogens (primary N) is 1. The van der Waals surface area contributed by atoms with Crippen molar-refractivity contribution in [3.8, 4) is 0 Å². The average Bonchev–Trinajstić information content (AvgIpc) is 2.81. The quantitative estimate of drug-likeness (QED) is 0.828. The molecule has 0 amide bonds. The molecule has 19 heavy (non-hydrogen) atoms. The molecule has 2 rings (SSSR count). The van der Waals surface area contributed by atoms with Crippen LogP contribution in [0.3, 0.4) is 0 Å². The van der Waals surface area contributed by atoms with Crippen molar-refractivity contribution in [2.75, 3.05) is 13.1 Å². The van der Waals surface area contributed by atoms with E-state index in [0.29, 0.717) is 6.54 Å². The van der Waals surface area contributed by atoms with E-state index in [0.717, 1.165) is 31.0 Å². The maximum absolute atomic E-state index is 5.85. The van der Waals surface area contributed by atoms with E-state index in [4.69, 9.17) is 10.2 Å². The Bertz CT molecular complexity index is 518. The van der Waals surface area contributed by atoms with Crippen molar-refractivity contribution in [1.29, 1.82) is 0 Å². The summed E-state index contributed by atoms with van der Waals surface area (Å²) in [5.41, 5.74) is 8.03. The summed E-state index contributed by atoms with van der Waals surface area (Å²) in [5, 5.41) is 1.21. The van der Waals surface area contributed by atoms with E-state index in [-0.39, 0.29) is 0 Å². The molecule has 0 bridgehead atoms. The van der Waals surface area contributed by atoms with Crippen LogP contribution in [0.1, 0.15) is 38.0 Å². The molecule has 0 unspecified atom stereocenters. The third-order valence-electron chi connectivity index (χ3n) is 3.62. The van der Waals surface area contributed by atoms with Crippen molar-refractivity contribution >= 4 is 11.0 Å². The van der Waals surface area contributed by atoms with Crippen LogP contribution in [0.5, 0.6) is 0 Å². The molecule has 3 heteroatoms. The highest BCUT2D eigenvalue weighted by atomic mass is 16.3. The Hall–Kier alpha value is -1.32. The molecule has 0 aliphatic carbocycles. The Morgan fingerprint density at radius 2 is 2.00 bits per heavy atom. The summed E-state index contributed by atoms with van der Waals surface area (Å²) in [7, 11) is 0. The number of hydrogen-bond acceptors (Lipinski definition) is 3. The third-order valence-corrected chi connectivity index (χ3v) is 3.62. The van der Waals surface area contributed by atoms with Gasteiger partial charge in [0, 0.05) is 17.5 Å². The van der Waals surface area contributed by atoms with E-state index in [9.17, 15) is 0 Å². The second-order valence-electron chi connectivity index (χ2n) is 4.93. The van der Waals surface area contributed by atoms with Crippen LogP contribution in [0.4, 0.5) is 0 Å². The molecule has 1 heterocycles. The maximum Gasteiger partial charge on any atom is 0.134 e. The highest BCUT2D eigenvalue weighted by Crippen LogP contribution is 2.26. The Balaban J connectivity index is 2.26. The fourth-order valence-corrected chi connectivity index (χ4v) is 2.44. The van der Waals surface area contributed by atoms with Crippen molar-refractivity contribution in [2.45, 2.75) is 39.8 Å². The molecule has 1 aromatic carbocycles. The molecule has 104 valence electrons. The van der Waals surface area contributed by atoms with Crippen molar-refractivity contribution in [1.82, 2.24) is 4.90 Å². The Labute approximate surface area is 115 Å². The lowest BCUT2D eigenvalue weighted by Crippen LogP contribution is -2.24. The van der Waals surface area contributed by atoms with Crippen LogP contribution in [0.25, 0.3) is 11.0 Å². The molecule has 2 N–H and O–H groups in total. The molecule has 0 atom stereocenters. The number of para-hydroxylation sites is 1. The molecular formula is C16H24N2O. The largest absolute Gasteiger partial charge is 0.459 e. The molecule has 0 fully saturated rings. The predicted molar refractivity (Wildman–Crippen MR) is 80.0 cm³/mol. The monoisotopic (exact) mass is 260 g/mol. The second-order valence-corrected chi connectivity index (χ2v) is 4.93. The third kappa shape index (κ3) is 3.17. The van der Waals surface area contributed by atoms with Gasteiger partial charge in [-0.05, 0) is 25.6 Å². The van der Waals surface area contributed by atoms with Crippen LogP contribution in [0.2, 0.25) is 0 Å². The SMILES string of the molecule is CCCCN(CC)Cc1c(CN)oc2ccccc12. The van der Waals surface area contributed by atoms with Crippen molar-refractivity contribution in [3.63, 3.8) is 0 Å². The standard InChI is InChI=1S/C16H24N2O/c1-3-5-10-18(4-2)12-14-13-8-6-7-9-15(13)19-16(14)11-17/h6-9H,3-5,10-12,17H2,1-2H3. The van der Waals surface area contributed by atoms with Gasteiger partial charge in [-0.25, -0.2) is 0 Å². The van der Waals surface area contributed by atoms with Gasteiger partial charge in [0.05, 0.1) is 6.54 Å². The number of furan rings is 1. The van der Waals surface area contributed by atoms with Gasteiger partial charge in [-0.3, -0.25) is 4.90 Å². The van der Waals surface area contributed by atoms with Gasteiger partial charge in [0.2, 0.25) is 0 Å². The summed E-state index contributed by atoms with van der Waals surface area (Å²) in [6.45, 7) is 8.03. The summed E-state index contributed by atoms with van der Waals surface area (Å²) >= 11 is 0. The van der Waals surface area contributed by atoms with Crippen LogP contribution >= 0.6 is 0 Å². The normalized spacial score (nSPS) is 11.6. The number of hydrogen-bond donors (Lipinski definition) is 1. The molecule has 0 saturated heterocycles. The molecular weight excluding hydrogens is 236 g/mol. The van der Waals surface area contributed by atoms with Crippen molar-refractivity contribution in [3.05, 3.63) is 35.6 Å². The van der Waals surface area contributed by atoms with Gasteiger partial charge in [0.1, 0.15) is 11.3 Å². The van der Waals surface area contributed by atoms with Gasteiger partial charge in [-0.1, -0.05) is 38.5 Å². The first kappa shape index (κ1) is 14.1. The number of unbranched alkanes of at least 4 members (excludes halogenated alkanes) is 1. The first-order valence-electron chi connectivity index (χ1n) is 7.21. The van der Waals surface area contributed by atoms with Crippen LogP contribution in [0, 0.1) is 0 Å². The first-order chi connectivity index (χ1) is 9.30. The topological polar surface area (TPSA) is 42.4 Å². The smallest absolute Gasteiger partial charge is 0.134 e. The average molecular weight is 260 g/mol. The first-order valence-corrected chi connectivity index (χ1v) is 7.21. The van der Waals surface area contributed by atoms with E-state index in [2.05, 4.69) is 30.9 Å². The Morgan fingerprint density at radius 3 is 2.68 bits per heavy atom. The van der Waals surface area contributed by atoms with Gasteiger partial charge in [-0.2, -0.15) is 0 Å². The molecule has 0 saturated carbocycles. The van der Waals surface area contributed by atoms with Crippen LogP contribution in [-0.2, 0) is 13.1 Å². The van der Waals surface area contributed by atoms with E-state index < -0.39 is 0 Å². The molecule has 0 spiro atoms. The van der Waals surface area contributed by atoms with E-state index in [1.807, 2.05) is 12.1 Å². The zero-order chi connectivity index (χ0) is 13.7. The molecule has 0 radical (unpaired) electrons. The number of rotatable bonds is 7. The molecule has 3 nitrogen and oxygen atoms in total. The molecule has 2 aromatic rings. The molecule has 0 aliphatic rings. The number of benzene rings is 1. The minimum Gasteiger partial charge on any atom is -0.459 e. The fraction of sp³-hybridized carbons (Fsp3) is 0.500. The summed E-state index contributed by atoms with van der Waals surface area (Å²) in [6, 6.07) is 8.20. The van der Waals surface area contributed by atoms with E-state index in [1.54, 1.807) is 0 Å². The van der Waals surface area contributed by atoms with Crippen LogP contribution in [0.15, 0.2) is 28.7 Å². The lowest BCUT2D eigenvalue weighted by atomic mass is 10.1. The second kappa shape index (κ2) is 6.73. The Kier molecular flexibility index (Phi) is 5.00. The van der Waals surface area contributed by atoms with Gasteiger partial charge in [0.25, 0.3) is 0 Å². The predicted octanol–water partition coefficient (Wildman–Crippen LogP) is 3.51. The number of fused-ring (bicyclic) bond motifs is 1. The maximum atomic E-state index is 5.85. The van der Waals surface area contributed by atoms with E-state index >= 15 is 0 Å². The lowest BCUT2D eigenvalue weighted by Gasteiger charge is -2.20. The van der Waals surface area contributed by atoms with Crippen LogP contribution < -0.4 is 5.73 Å². The zero-order valence-electron chi connectivity index (χ0n) is 12.0. The van der Waals surface area contributed by atoms with Crippen LogP contribution in [-0.4, -0.2) is 18.0 Å². The van der Waals surface area contributed by atoms with Crippen molar-refractivity contribution in [2.24, 2.45) is 5.73 Å². The summed E-state index contributed by atoms with van der Waals surface area (Å²) in [4.78, 5) is 2.46. The fourth-order valence-electron chi connectivity index (χ4n) is 2.44. The molecule has 1 aromatic heterocycles. The van der Waals surface area contributed by atoms with Gasteiger partial charge < -0.3 is 10.2 Å². The zero-order valence-corrected chi connectivity index (χ0v) is 12.0. The summed E-state index contributed by atoms with van der Waals surface area (Å²) < 4.78 is 5.85. The van der Waals surface area contributed by atoms with Gasteiger partial charge >= 0.3 is 0 Å². The van der Waals surface area contributed by atoms with Gasteiger partial charge in [0.15, 0.2) is 0 Å². The van der Waals surface area contributed by atoms with Crippen molar-refractivity contribution < 1.29 is 4.42 Å². The summed E-state index contributed by atoms with van der Waals surface area (Å²) in [5.74, 6) is 0.927. The minimum atomic E-state index is 0.468. The highest BCUT2D eigenvalue weighted by Gasteiger charge is 2.15. The summed E-state index contributed by atoms with van der Waals surface area (Å²) in [6.07, 6.45) is 2.47. The minimum absolute atomic E-state index is 0.468. The Morgan fingerprint density at radius 1 is 1.21 bits per heavy atom. The molecule has 0 aliphatic heterocycles. The lowest BCUT2D eigenvalue weighted by molar-refractivity contribution is 0.274. The highest BCUT2D eigenvalue weighted by molar-refractivity contribution is 5.82.